The number of phenolic OH excluding ortho intramolecular Hbond substituents is 2. The molecular formula is C26H32N2O4. The van der Waals surface area contributed by atoms with Crippen molar-refractivity contribution in [1.82, 2.24) is 5.32 Å². The van der Waals surface area contributed by atoms with Crippen molar-refractivity contribution in [3.05, 3.63) is 83.4 Å². The summed E-state index contributed by atoms with van der Waals surface area (Å²) in [6.07, 6.45) is 0.0844. The first-order valence-electron chi connectivity index (χ1n) is 10.9. The van der Waals surface area contributed by atoms with Gasteiger partial charge in [0.25, 0.3) is 0 Å². The molecule has 5 N–H and O–H groups in total. The van der Waals surface area contributed by atoms with Gasteiger partial charge in [-0.2, -0.15) is 0 Å². The minimum atomic E-state index is -0.705. The van der Waals surface area contributed by atoms with Gasteiger partial charge in [-0.05, 0) is 73.4 Å². The summed E-state index contributed by atoms with van der Waals surface area (Å²) in [5.41, 5.74) is 3.47. The number of anilines is 1. The van der Waals surface area contributed by atoms with E-state index in [1.54, 1.807) is 30.3 Å². The van der Waals surface area contributed by atoms with E-state index in [1.165, 1.54) is 0 Å². The molecule has 0 fully saturated rings. The van der Waals surface area contributed by atoms with Crippen molar-refractivity contribution in [3.8, 4) is 17.2 Å². The second kappa shape index (κ2) is 11.4. The number of nitrogens with one attached hydrogen (secondary N) is 2. The molecule has 0 aliphatic heterocycles. The number of aliphatic hydroxyl groups excluding tert-OH is 1. The van der Waals surface area contributed by atoms with Crippen LogP contribution in [0.5, 0.6) is 17.2 Å². The zero-order valence-electron chi connectivity index (χ0n) is 18.6. The van der Waals surface area contributed by atoms with E-state index < -0.39 is 6.10 Å². The van der Waals surface area contributed by atoms with Gasteiger partial charge in [0.1, 0.15) is 17.2 Å². The molecular weight excluding hydrogens is 404 g/mol. The van der Waals surface area contributed by atoms with Gasteiger partial charge in [0.05, 0.1) is 18.4 Å². The zero-order chi connectivity index (χ0) is 22.9. The highest BCUT2D eigenvalue weighted by molar-refractivity contribution is 5.58. The summed E-state index contributed by atoms with van der Waals surface area (Å²) < 4.78 is 5.46. The van der Waals surface area contributed by atoms with Crippen LogP contribution in [0.3, 0.4) is 0 Å². The molecule has 0 aliphatic rings. The van der Waals surface area contributed by atoms with Crippen LogP contribution in [0.2, 0.25) is 0 Å². The van der Waals surface area contributed by atoms with Gasteiger partial charge in [0, 0.05) is 19.1 Å². The molecule has 0 amide bonds. The van der Waals surface area contributed by atoms with Crippen LogP contribution in [0.4, 0.5) is 5.69 Å². The van der Waals surface area contributed by atoms with E-state index in [9.17, 15) is 15.3 Å². The number of benzene rings is 3. The van der Waals surface area contributed by atoms with E-state index in [0.29, 0.717) is 25.4 Å². The third-order valence-corrected chi connectivity index (χ3v) is 5.26. The van der Waals surface area contributed by atoms with Crippen LogP contribution in [-0.4, -0.2) is 34.5 Å². The maximum absolute atomic E-state index is 10.6. The van der Waals surface area contributed by atoms with Crippen molar-refractivity contribution in [1.29, 1.82) is 0 Å². The third kappa shape index (κ3) is 6.90. The van der Waals surface area contributed by atoms with Crippen molar-refractivity contribution in [3.63, 3.8) is 0 Å². The molecule has 32 heavy (non-hydrogen) atoms. The second-order valence-corrected chi connectivity index (χ2v) is 7.90. The average molecular weight is 437 g/mol. The molecule has 0 aromatic heterocycles. The quantitative estimate of drug-likeness (QED) is 0.287. The third-order valence-electron chi connectivity index (χ3n) is 5.26. The van der Waals surface area contributed by atoms with Gasteiger partial charge < -0.3 is 30.7 Å². The largest absolute Gasteiger partial charge is 0.508 e. The van der Waals surface area contributed by atoms with E-state index in [0.717, 1.165) is 28.9 Å². The minimum Gasteiger partial charge on any atom is -0.508 e. The summed E-state index contributed by atoms with van der Waals surface area (Å²) in [5, 5.41) is 36.8. The molecule has 0 spiro atoms. The summed E-state index contributed by atoms with van der Waals surface area (Å²) in [4.78, 5) is 0. The molecule has 0 heterocycles. The number of ether oxygens (including phenoxy) is 1. The van der Waals surface area contributed by atoms with Gasteiger partial charge in [-0.1, -0.05) is 30.3 Å². The average Bonchev–Trinajstić information content (AvgIpc) is 2.79. The normalized spacial score (nSPS) is 12.8. The van der Waals surface area contributed by atoms with Crippen LogP contribution >= 0.6 is 0 Å². The van der Waals surface area contributed by atoms with Crippen molar-refractivity contribution in [2.45, 2.75) is 39.0 Å². The van der Waals surface area contributed by atoms with E-state index in [-0.39, 0.29) is 17.5 Å². The molecule has 2 atom stereocenters. The standard InChI is InChI=1S/C26H32N2O4/c1-3-32-23-11-6-20(7-12-23)16-28-24-15-21(8-13-25(24)30)26(31)17-27-18(2)14-19-4-9-22(29)10-5-19/h4-13,15,18,26-31H,3,14,16-17H2,1-2H3. The highest BCUT2D eigenvalue weighted by Crippen LogP contribution is 2.28. The maximum atomic E-state index is 10.6. The van der Waals surface area contributed by atoms with Crippen LogP contribution in [0.15, 0.2) is 66.7 Å². The molecule has 2 unspecified atom stereocenters. The van der Waals surface area contributed by atoms with Crippen molar-refractivity contribution < 1.29 is 20.1 Å². The van der Waals surface area contributed by atoms with Crippen LogP contribution in [-0.2, 0) is 13.0 Å². The van der Waals surface area contributed by atoms with Crippen LogP contribution in [0.25, 0.3) is 0 Å². The summed E-state index contributed by atoms with van der Waals surface area (Å²) in [7, 11) is 0. The fourth-order valence-electron chi connectivity index (χ4n) is 3.46. The Balaban J connectivity index is 1.53. The van der Waals surface area contributed by atoms with E-state index >= 15 is 0 Å². The summed E-state index contributed by atoms with van der Waals surface area (Å²) in [6.45, 7) is 5.57. The predicted molar refractivity (Wildman–Crippen MR) is 127 cm³/mol. The number of hydrogen-bond donors (Lipinski definition) is 5. The highest BCUT2D eigenvalue weighted by Gasteiger charge is 2.12. The summed E-state index contributed by atoms with van der Waals surface area (Å²) in [6, 6.07) is 20.2. The van der Waals surface area contributed by atoms with E-state index in [1.807, 2.05) is 43.3 Å². The van der Waals surface area contributed by atoms with Gasteiger partial charge in [0.2, 0.25) is 0 Å². The van der Waals surface area contributed by atoms with Crippen LogP contribution in [0, 0.1) is 0 Å². The lowest BCUT2D eigenvalue weighted by Crippen LogP contribution is -2.32. The molecule has 0 aliphatic carbocycles. The molecule has 3 aromatic rings. The number of phenols is 2. The van der Waals surface area contributed by atoms with Crippen molar-refractivity contribution in [2.75, 3.05) is 18.5 Å². The Morgan fingerprint density at radius 1 is 0.906 bits per heavy atom. The minimum absolute atomic E-state index is 0.139. The second-order valence-electron chi connectivity index (χ2n) is 7.90. The lowest BCUT2D eigenvalue weighted by atomic mass is 10.1. The van der Waals surface area contributed by atoms with E-state index in [2.05, 4.69) is 17.6 Å². The van der Waals surface area contributed by atoms with E-state index in [4.69, 9.17) is 4.74 Å². The highest BCUT2D eigenvalue weighted by atomic mass is 16.5. The predicted octanol–water partition coefficient (Wildman–Crippen LogP) is 4.36. The van der Waals surface area contributed by atoms with Gasteiger partial charge in [-0.25, -0.2) is 0 Å². The van der Waals surface area contributed by atoms with Crippen LogP contribution in [0.1, 0.15) is 36.6 Å². The van der Waals surface area contributed by atoms with Crippen molar-refractivity contribution >= 4 is 5.69 Å². The van der Waals surface area contributed by atoms with Gasteiger partial charge >= 0.3 is 0 Å². The Morgan fingerprint density at radius 2 is 1.59 bits per heavy atom. The van der Waals surface area contributed by atoms with Gasteiger partial charge in [-0.3, -0.25) is 0 Å². The molecule has 3 rings (SSSR count). The fraction of sp³-hybridized carbons (Fsp3) is 0.308. The molecule has 0 saturated heterocycles. The first kappa shape index (κ1) is 23.4. The molecule has 0 bridgehead atoms. The van der Waals surface area contributed by atoms with Gasteiger partial charge in [0.15, 0.2) is 0 Å². The molecule has 170 valence electrons. The SMILES string of the molecule is CCOc1ccc(CNc2cc(C(O)CNC(C)Cc3ccc(O)cc3)ccc2O)cc1. The lowest BCUT2D eigenvalue weighted by Gasteiger charge is -2.19. The molecule has 3 aromatic carbocycles. The Morgan fingerprint density at radius 3 is 2.28 bits per heavy atom. The summed E-state index contributed by atoms with van der Waals surface area (Å²) in [5.74, 6) is 1.22. The summed E-state index contributed by atoms with van der Waals surface area (Å²) >= 11 is 0. The maximum Gasteiger partial charge on any atom is 0.138 e. The molecule has 0 saturated carbocycles. The lowest BCUT2D eigenvalue weighted by molar-refractivity contribution is 0.170. The molecule has 6 nitrogen and oxygen atoms in total. The smallest absolute Gasteiger partial charge is 0.138 e. The Kier molecular flexibility index (Phi) is 8.36. The molecule has 0 radical (unpaired) electrons. The number of aromatic hydroxyl groups is 2. The Labute approximate surface area is 189 Å². The van der Waals surface area contributed by atoms with Gasteiger partial charge in [-0.15, -0.1) is 0 Å². The Hall–Kier alpha value is -3.22. The fourth-order valence-corrected chi connectivity index (χ4v) is 3.46. The van der Waals surface area contributed by atoms with Crippen molar-refractivity contribution in [2.24, 2.45) is 0 Å². The first-order valence-corrected chi connectivity index (χ1v) is 10.9. The zero-order valence-corrected chi connectivity index (χ0v) is 18.6. The number of aliphatic hydroxyl groups is 1. The monoisotopic (exact) mass is 436 g/mol. The van der Waals surface area contributed by atoms with Crippen LogP contribution < -0.4 is 15.4 Å². The Bertz CT molecular complexity index is 974. The number of hydrogen-bond acceptors (Lipinski definition) is 6. The topological polar surface area (TPSA) is 94.0 Å². The number of rotatable bonds is 11. The molecule has 6 heteroatoms. The first-order chi connectivity index (χ1) is 15.4.